The number of nitrogens with zero attached hydrogens (tertiary/aromatic N) is 2. The molecule has 0 aliphatic heterocycles. The fourth-order valence-corrected chi connectivity index (χ4v) is 3.39. The molecule has 4 heteroatoms. The second kappa shape index (κ2) is 6.95. The van der Waals surface area contributed by atoms with Crippen molar-refractivity contribution in [1.29, 1.82) is 0 Å². The molecule has 22 heavy (non-hydrogen) atoms. The van der Waals surface area contributed by atoms with E-state index in [0.717, 1.165) is 43.6 Å². The number of aromatic nitrogens is 2. The molecule has 3 rings (SSSR count). The van der Waals surface area contributed by atoms with Gasteiger partial charge in [-0.1, -0.05) is 31.4 Å². The summed E-state index contributed by atoms with van der Waals surface area (Å²) >= 11 is 0. The van der Waals surface area contributed by atoms with Gasteiger partial charge in [0.2, 0.25) is 5.91 Å². The van der Waals surface area contributed by atoms with E-state index >= 15 is 0 Å². The lowest BCUT2D eigenvalue weighted by Gasteiger charge is -2.20. The predicted molar refractivity (Wildman–Crippen MR) is 88.6 cm³/mol. The molecule has 0 unspecified atom stereocenters. The molecule has 1 N–H and O–H groups in total. The molecule has 1 amide bonds. The van der Waals surface area contributed by atoms with Gasteiger partial charge < -0.3 is 9.88 Å². The Hall–Kier alpha value is -1.84. The highest BCUT2D eigenvalue weighted by molar-refractivity contribution is 5.78. The first-order valence-corrected chi connectivity index (χ1v) is 8.44. The molecule has 118 valence electrons. The zero-order chi connectivity index (χ0) is 15.4. The van der Waals surface area contributed by atoms with E-state index in [2.05, 4.69) is 28.0 Å². The first-order valence-electron chi connectivity index (χ1n) is 8.44. The van der Waals surface area contributed by atoms with E-state index in [1.807, 2.05) is 18.2 Å². The van der Waals surface area contributed by atoms with Crippen LogP contribution in [0.5, 0.6) is 0 Å². The van der Waals surface area contributed by atoms with Crippen molar-refractivity contribution in [3.05, 3.63) is 30.1 Å². The fourth-order valence-electron chi connectivity index (χ4n) is 3.39. The van der Waals surface area contributed by atoms with Gasteiger partial charge in [0.15, 0.2) is 0 Å². The summed E-state index contributed by atoms with van der Waals surface area (Å²) in [5.74, 6) is 1.60. The maximum absolute atomic E-state index is 12.1. The number of para-hydroxylation sites is 2. The number of aryl methyl sites for hydroxylation is 2. The van der Waals surface area contributed by atoms with Crippen molar-refractivity contribution in [2.45, 2.75) is 44.9 Å². The number of hydrogen-bond acceptors (Lipinski definition) is 2. The minimum atomic E-state index is 0.254. The maximum Gasteiger partial charge on any atom is 0.223 e. The lowest BCUT2D eigenvalue weighted by atomic mass is 9.89. The quantitative estimate of drug-likeness (QED) is 0.862. The standard InChI is InChI=1S/C18H25N3O/c1-21-16-11-6-5-10-15(16)20-17(21)12-7-13-19-18(22)14-8-3-2-4-9-14/h5-6,10-11,14H,2-4,7-9,12-13H2,1H3,(H,19,22). The van der Waals surface area contributed by atoms with Crippen LogP contribution in [0.2, 0.25) is 0 Å². The van der Waals surface area contributed by atoms with E-state index in [1.54, 1.807) is 0 Å². The highest BCUT2D eigenvalue weighted by Crippen LogP contribution is 2.23. The molecule has 1 heterocycles. The van der Waals surface area contributed by atoms with Crippen LogP contribution in [-0.4, -0.2) is 22.0 Å². The van der Waals surface area contributed by atoms with Gasteiger partial charge in [-0.25, -0.2) is 4.98 Å². The van der Waals surface area contributed by atoms with Gasteiger partial charge in [0.05, 0.1) is 11.0 Å². The van der Waals surface area contributed by atoms with Crippen LogP contribution in [0.1, 0.15) is 44.3 Å². The Morgan fingerprint density at radius 1 is 1.27 bits per heavy atom. The van der Waals surface area contributed by atoms with Crippen molar-refractivity contribution >= 4 is 16.9 Å². The SMILES string of the molecule is Cn1c(CCCNC(=O)C2CCCCC2)nc2ccccc21. The highest BCUT2D eigenvalue weighted by Gasteiger charge is 2.20. The van der Waals surface area contributed by atoms with Crippen molar-refractivity contribution < 1.29 is 4.79 Å². The van der Waals surface area contributed by atoms with Crippen LogP contribution >= 0.6 is 0 Å². The molecule has 1 aromatic carbocycles. The third kappa shape index (κ3) is 3.32. The molecule has 1 aliphatic carbocycles. The number of nitrogens with one attached hydrogen (secondary N) is 1. The van der Waals surface area contributed by atoms with Gasteiger partial charge in [-0.2, -0.15) is 0 Å². The first-order chi connectivity index (χ1) is 10.8. The normalized spacial score (nSPS) is 16.0. The lowest BCUT2D eigenvalue weighted by Crippen LogP contribution is -2.32. The van der Waals surface area contributed by atoms with E-state index in [0.29, 0.717) is 0 Å². The zero-order valence-electron chi connectivity index (χ0n) is 13.3. The summed E-state index contributed by atoms with van der Waals surface area (Å²) in [6, 6.07) is 8.20. The van der Waals surface area contributed by atoms with Crippen LogP contribution in [0.15, 0.2) is 24.3 Å². The summed E-state index contributed by atoms with van der Waals surface area (Å²) in [6.45, 7) is 0.749. The smallest absolute Gasteiger partial charge is 0.223 e. The molecule has 1 saturated carbocycles. The predicted octanol–water partition coefficient (Wildman–Crippen LogP) is 3.20. The zero-order valence-corrected chi connectivity index (χ0v) is 13.3. The van der Waals surface area contributed by atoms with Crippen LogP contribution in [-0.2, 0) is 18.3 Å². The molecule has 1 fully saturated rings. The largest absolute Gasteiger partial charge is 0.356 e. The summed E-state index contributed by atoms with van der Waals surface area (Å²) in [5.41, 5.74) is 2.22. The Morgan fingerprint density at radius 2 is 2.05 bits per heavy atom. The molecule has 0 bridgehead atoms. The molecule has 4 nitrogen and oxygen atoms in total. The number of rotatable bonds is 5. The summed E-state index contributed by atoms with van der Waals surface area (Å²) in [6.07, 6.45) is 7.67. The van der Waals surface area contributed by atoms with E-state index in [-0.39, 0.29) is 11.8 Å². The van der Waals surface area contributed by atoms with Gasteiger partial charge in [-0.3, -0.25) is 4.79 Å². The van der Waals surface area contributed by atoms with Gasteiger partial charge in [0.25, 0.3) is 0 Å². The third-order valence-corrected chi connectivity index (χ3v) is 4.73. The molecule has 1 aromatic heterocycles. The van der Waals surface area contributed by atoms with Gasteiger partial charge in [0.1, 0.15) is 5.82 Å². The van der Waals surface area contributed by atoms with Crippen molar-refractivity contribution in [1.82, 2.24) is 14.9 Å². The minimum Gasteiger partial charge on any atom is -0.356 e. The van der Waals surface area contributed by atoms with Crippen LogP contribution in [0.4, 0.5) is 0 Å². The number of hydrogen-bond donors (Lipinski definition) is 1. The van der Waals surface area contributed by atoms with E-state index in [4.69, 9.17) is 0 Å². The Kier molecular flexibility index (Phi) is 4.76. The Bertz CT molecular complexity index is 641. The molecule has 0 radical (unpaired) electrons. The van der Waals surface area contributed by atoms with Gasteiger partial charge in [0, 0.05) is 25.9 Å². The third-order valence-electron chi connectivity index (χ3n) is 4.73. The number of amides is 1. The summed E-state index contributed by atoms with van der Waals surface area (Å²) < 4.78 is 2.15. The summed E-state index contributed by atoms with van der Waals surface area (Å²) in [5, 5.41) is 3.10. The van der Waals surface area contributed by atoms with E-state index in [9.17, 15) is 4.79 Å². The Balaban J connectivity index is 1.48. The molecule has 1 aliphatic rings. The Labute approximate surface area is 131 Å². The topological polar surface area (TPSA) is 46.9 Å². The van der Waals surface area contributed by atoms with Crippen molar-refractivity contribution in [2.75, 3.05) is 6.54 Å². The van der Waals surface area contributed by atoms with Gasteiger partial charge in [-0.15, -0.1) is 0 Å². The molecule has 2 aromatic rings. The molecular formula is C18H25N3O. The lowest BCUT2D eigenvalue weighted by molar-refractivity contribution is -0.125. The van der Waals surface area contributed by atoms with Gasteiger partial charge >= 0.3 is 0 Å². The number of benzene rings is 1. The fraction of sp³-hybridized carbons (Fsp3) is 0.556. The first kappa shape index (κ1) is 15.1. The van der Waals surface area contributed by atoms with Crippen molar-refractivity contribution in [3.63, 3.8) is 0 Å². The highest BCUT2D eigenvalue weighted by atomic mass is 16.1. The summed E-state index contributed by atoms with van der Waals surface area (Å²) in [7, 11) is 2.06. The van der Waals surface area contributed by atoms with Crippen LogP contribution in [0, 0.1) is 5.92 Å². The van der Waals surface area contributed by atoms with E-state index in [1.165, 1.54) is 24.8 Å². The average Bonchev–Trinajstić information content (AvgIpc) is 2.89. The monoisotopic (exact) mass is 299 g/mol. The molecule has 0 saturated heterocycles. The van der Waals surface area contributed by atoms with Crippen molar-refractivity contribution in [2.24, 2.45) is 13.0 Å². The second-order valence-electron chi connectivity index (χ2n) is 6.31. The molecule has 0 spiro atoms. The number of carbonyl (C=O) groups is 1. The summed E-state index contributed by atoms with van der Waals surface area (Å²) in [4.78, 5) is 16.8. The van der Waals surface area contributed by atoms with Crippen LogP contribution < -0.4 is 5.32 Å². The average molecular weight is 299 g/mol. The van der Waals surface area contributed by atoms with E-state index < -0.39 is 0 Å². The van der Waals surface area contributed by atoms with Gasteiger partial charge in [-0.05, 0) is 31.4 Å². The van der Waals surface area contributed by atoms with Crippen LogP contribution in [0.25, 0.3) is 11.0 Å². The number of imidazole rings is 1. The van der Waals surface area contributed by atoms with Crippen LogP contribution in [0.3, 0.4) is 0 Å². The minimum absolute atomic E-state index is 0.254. The number of carbonyl (C=O) groups excluding carboxylic acids is 1. The number of fused-ring (bicyclic) bond motifs is 1. The second-order valence-corrected chi connectivity index (χ2v) is 6.31. The molecular weight excluding hydrogens is 274 g/mol. The maximum atomic E-state index is 12.1. The molecule has 0 atom stereocenters. The Morgan fingerprint density at radius 3 is 2.82 bits per heavy atom. The van der Waals surface area contributed by atoms with Crippen molar-refractivity contribution in [3.8, 4) is 0 Å².